The molecule has 0 bridgehead atoms. The van der Waals surface area contributed by atoms with Crippen molar-refractivity contribution in [1.82, 2.24) is 15.2 Å². The van der Waals surface area contributed by atoms with Gasteiger partial charge in [-0.3, -0.25) is 9.88 Å². The molecule has 2 heterocycles. The third kappa shape index (κ3) is 4.77. The molecule has 1 atom stereocenters. The van der Waals surface area contributed by atoms with Crippen LogP contribution >= 0.6 is 11.6 Å². The Morgan fingerprint density at radius 3 is 2.42 bits per heavy atom. The molecule has 0 amide bonds. The van der Waals surface area contributed by atoms with E-state index in [0.29, 0.717) is 6.04 Å². The summed E-state index contributed by atoms with van der Waals surface area (Å²) in [5.74, 6) is 0. The molecular weight excluding hydrogens is 322 g/mol. The maximum absolute atomic E-state index is 9.71. The number of piperidine rings is 1. The van der Waals surface area contributed by atoms with E-state index in [1.165, 1.54) is 5.56 Å². The van der Waals surface area contributed by atoms with E-state index in [4.69, 9.17) is 11.6 Å². The van der Waals surface area contributed by atoms with Crippen molar-refractivity contribution in [3.05, 3.63) is 64.9 Å². The fourth-order valence-corrected chi connectivity index (χ4v) is 3.36. The van der Waals surface area contributed by atoms with Gasteiger partial charge in [0.05, 0.1) is 12.6 Å². The highest BCUT2D eigenvalue weighted by molar-refractivity contribution is 6.30. The van der Waals surface area contributed by atoms with Crippen molar-refractivity contribution in [2.75, 3.05) is 19.7 Å². The van der Waals surface area contributed by atoms with Crippen molar-refractivity contribution >= 4 is 11.6 Å². The van der Waals surface area contributed by atoms with Crippen molar-refractivity contribution < 1.29 is 5.11 Å². The Morgan fingerprint density at radius 2 is 1.79 bits per heavy atom. The smallest absolute Gasteiger partial charge is 0.0626 e. The molecule has 1 aromatic heterocycles. The molecule has 4 nitrogen and oxygen atoms in total. The molecule has 0 spiro atoms. The average molecular weight is 346 g/mol. The Bertz CT molecular complexity index is 612. The van der Waals surface area contributed by atoms with Gasteiger partial charge in [0.2, 0.25) is 0 Å². The van der Waals surface area contributed by atoms with Crippen LogP contribution in [0.5, 0.6) is 0 Å². The number of hydrogen-bond donors (Lipinski definition) is 2. The minimum absolute atomic E-state index is 0.0287. The fraction of sp³-hybridized carbons (Fsp3) is 0.421. The number of rotatable bonds is 6. The van der Waals surface area contributed by atoms with Crippen LogP contribution in [0.3, 0.4) is 0 Å². The number of aliphatic hydroxyl groups is 1. The van der Waals surface area contributed by atoms with Crippen LogP contribution in [0.2, 0.25) is 5.02 Å². The Morgan fingerprint density at radius 1 is 1.12 bits per heavy atom. The van der Waals surface area contributed by atoms with Crippen LogP contribution in [0.1, 0.15) is 30.0 Å². The summed E-state index contributed by atoms with van der Waals surface area (Å²) in [7, 11) is 0. The monoisotopic (exact) mass is 345 g/mol. The number of benzene rings is 1. The Hall–Kier alpha value is -1.46. The van der Waals surface area contributed by atoms with Crippen molar-refractivity contribution in [2.24, 2.45) is 0 Å². The van der Waals surface area contributed by atoms with Gasteiger partial charge in [-0.25, -0.2) is 0 Å². The predicted octanol–water partition coefficient (Wildman–Crippen LogP) is 3.02. The molecule has 2 aromatic rings. The molecule has 1 fully saturated rings. The molecule has 1 unspecified atom stereocenters. The van der Waals surface area contributed by atoms with Crippen molar-refractivity contribution in [2.45, 2.75) is 31.5 Å². The highest BCUT2D eigenvalue weighted by atomic mass is 35.5. The van der Waals surface area contributed by atoms with Gasteiger partial charge in [0, 0.05) is 30.0 Å². The minimum atomic E-state index is -0.0287. The first-order chi connectivity index (χ1) is 11.7. The van der Waals surface area contributed by atoms with Crippen LogP contribution in [0, 0.1) is 0 Å². The number of likely N-dealkylation sites (tertiary alicyclic amines) is 1. The normalized spacial score (nSPS) is 17.8. The highest BCUT2D eigenvalue weighted by Gasteiger charge is 2.22. The van der Waals surface area contributed by atoms with Gasteiger partial charge < -0.3 is 10.4 Å². The Kier molecular flexibility index (Phi) is 6.21. The van der Waals surface area contributed by atoms with Crippen LogP contribution in [0.4, 0.5) is 0 Å². The van der Waals surface area contributed by atoms with E-state index in [0.717, 1.165) is 43.1 Å². The number of nitrogens with one attached hydrogen (secondary N) is 1. The first kappa shape index (κ1) is 17.4. The highest BCUT2D eigenvalue weighted by Crippen LogP contribution is 2.20. The standard InChI is InChI=1S/C19H24ClN3O/c20-17-3-1-16(2-4-17)19(14-24)22-18-7-11-23(12-8-18)13-15-5-9-21-10-6-15/h1-6,9-10,18-19,22,24H,7-8,11-14H2. The zero-order valence-corrected chi connectivity index (χ0v) is 14.5. The third-order valence-corrected chi connectivity index (χ3v) is 4.89. The van der Waals surface area contributed by atoms with Gasteiger partial charge in [-0.15, -0.1) is 0 Å². The van der Waals surface area contributed by atoms with Gasteiger partial charge in [-0.05, 0) is 61.3 Å². The van der Waals surface area contributed by atoms with Crippen LogP contribution in [-0.2, 0) is 6.54 Å². The van der Waals surface area contributed by atoms with Crippen molar-refractivity contribution in [3.8, 4) is 0 Å². The van der Waals surface area contributed by atoms with E-state index in [2.05, 4.69) is 27.3 Å². The molecule has 1 saturated heterocycles. The molecule has 5 heteroatoms. The number of aliphatic hydroxyl groups excluding tert-OH is 1. The molecule has 128 valence electrons. The van der Waals surface area contributed by atoms with Gasteiger partial charge in [0.15, 0.2) is 0 Å². The summed E-state index contributed by atoms with van der Waals surface area (Å²) < 4.78 is 0. The van der Waals surface area contributed by atoms with E-state index < -0.39 is 0 Å². The van der Waals surface area contributed by atoms with Gasteiger partial charge in [-0.2, -0.15) is 0 Å². The largest absolute Gasteiger partial charge is 0.394 e. The number of hydrogen-bond acceptors (Lipinski definition) is 4. The molecular formula is C19H24ClN3O. The summed E-state index contributed by atoms with van der Waals surface area (Å²) in [5.41, 5.74) is 2.40. The van der Waals surface area contributed by atoms with Gasteiger partial charge in [0.1, 0.15) is 0 Å². The lowest BCUT2D eigenvalue weighted by atomic mass is 10.0. The second-order valence-corrected chi connectivity index (χ2v) is 6.80. The van der Waals surface area contributed by atoms with E-state index >= 15 is 0 Å². The molecule has 2 N–H and O–H groups in total. The number of halogens is 1. The molecule has 24 heavy (non-hydrogen) atoms. The average Bonchev–Trinajstić information content (AvgIpc) is 2.63. The minimum Gasteiger partial charge on any atom is -0.394 e. The van der Waals surface area contributed by atoms with E-state index in [-0.39, 0.29) is 12.6 Å². The summed E-state index contributed by atoms with van der Waals surface area (Å²) in [6.07, 6.45) is 5.88. The molecule has 0 radical (unpaired) electrons. The second kappa shape index (κ2) is 8.58. The predicted molar refractivity (Wildman–Crippen MR) is 97.0 cm³/mol. The SMILES string of the molecule is OCC(NC1CCN(Cc2ccncc2)CC1)c1ccc(Cl)cc1. The van der Waals surface area contributed by atoms with Crippen LogP contribution in [-0.4, -0.2) is 40.7 Å². The van der Waals surface area contributed by atoms with Crippen LogP contribution in [0.25, 0.3) is 0 Å². The van der Waals surface area contributed by atoms with E-state index in [9.17, 15) is 5.11 Å². The van der Waals surface area contributed by atoms with Gasteiger partial charge in [-0.1, -0.05) is 23.7 Å². The molecule has 1 aliphatic heterocycles. The van der Waals surface area contributed by atoms with Crippen LogP contribution in [0.15, 0.2) is 48.8 Å². The third-order valence-electron chi connectivity index (χ3n) is 4.63. The zero-order chi connectivity index (χ0) is 16.8. The molecule has 1 aromatic carbocycles. The van der Waals surface area contributed by atoms with E-state index in [1.807, 2.05) is 36.7 Å². The van der Waals surface area contributed by atoms with Gasteiger partial charge >= 0.3 is 0 Å². The number of aromatic nitrogens is 1. The van der Waals surface area contributed by atoms with Gasteiger partial charge in [0.25, 0.3) is 0 Å². The lowest BCUT2D eigenvalue weighted by Crippen LogP contribution is -2.44. The lowest BCUT2D eigenvalue weighted by molar-refractivity contribution is 0.167. The Balaban J connectivity index is 1.50. The maximum Gasteiger partial charge on any atom is 0.0626 e. The van der Waals surface area contributed by atoms with Crippen LogP contribution < -0.4 is 5.32 Å². The summed E-state index contributed by atoms with van der Waals surface area (Å²) >= 11 is 5.94. The summed E-state index contributed by atoms with van der Waals surface area (Å²) in [6.45, 7) is 3.21. The number of pyridine rings is 1. The summed E-state index contributed by atoms with van der Waals surface area (Å²) in [4.78, 5) is 6.54. The zero-order valence-electron chi connectivity index (χ0n) is 13.7. The van der Waals surface area contributed by atoms with E-state index in [1.54, 1.807) is 0 Å². The quantitative estimate of drug-likeness (QED) is 0.845. The Labute approximate surface area is 148 Å². The van der Waals surface area contributed by atoms with Crippen molar-refractivity contribution in [3.63, 3.8) is 0 Å². The molecule has 0 saturated carbocycles. The topological polar surface area (TPSA) is 48.4 Å². The first-order valence-corrected chi connectivity index (χ1v) is 8.86. The molecule has 0 aliphatic carbocycles. The second-order valence-electron chi connectivity index (χ2n) is 6.36. The first-order valence-electron chi connectivity index (χ1n) is 8.48. The maximum atomic E-state index is 9.71. The molecule has 3 rings (SSSR count). The summed E-state index contributed by atoms with van der Waals surface area (Å²) in [5, 5.41) is 14.0. The fourth-order valence-electron chi connectivity index (χ4n) is 3.24. The summed E-state index contributed by atoms with van der Waals surface area (Å²) in [6, 6.07) is 12.3. The molecule has 1 aliphatic rings. The number of nitrogens with zero attached hydrogens (tertiary/aromatic N) is 2. The van der Waals surface area contributed by atoms with Crippen molar-refractivity contribution in [1.29, 1.82) is 0 Å². The lowest BCUT2D eigenvalue weighted by Gasteiger charge is -2.34.